The molecular formula is C28H34Cl2N6O4. The molecule has 0 radical (unpaired) electrons. The van der Waals surface area contributed by atoms with Gasteiger partial charge in [0.05, 0.1) is 17.7 Å². The number of carbonyl (C=O) groups is 1. The highest BCUT2D eigenvalue weighted by Gasteiger charge is 2.37. The second-order valence-electron chi connectivity index (χ2n) is 10.2. The summed E-state index contributed by atoms with van der Waals surface area (Å²) in [6, 6.07) is 9.59. The van der Waals surface area contributed by atoms with Gasteiger partial charge in [-0.15, -0.1) is 10.2 Å². The molecule has 3 aromatic rings. The van der Waals surface area contributed by atoms with E-state index in [1.165, 1.54) is 7.11 Å². The molecule has 1 unspecified atom stereocenters. The zero-order chi connectivity index (χ0) is 28.2. The van der Waals surface area contributed by atoms with Crippen molar-refractivity contribution in [2.75, 3.05) is 44.7 Å². The van der Waals surface area contributed by atoms with Crippen LogP contribution in [0.15, 0.2) is 40.9 Å². The zero-order valence-corrected chi connectivity index (χ0v) is 24.2. The van der Waals surface area contributed by atoms with Crippen LogP contribution in [0.5, 0.6) is 0 Å². The summed E-state index contributed by atoms with van der Waals surface area (Å²) in [4.78, 5) is 24.5. The number of methoxy groups -OCH3 is 1. The summed E-state index contributed by atoms with van der Waals surface area (Å²) in [5.41, 5.74) is 1.51. The minimum absolute atomic E-state index is 0.147. The van der Waals surface area contributed by atoms with Crippen molar-refractivity contribution in [2.45, 2.75) is 50.9 Å². The van der Waals surface area contributed by atoms with E-state index >= 15 is 0 Å². The zero-order valence-electron chi connectivity index (χ0n) is 22.7. The number of nitrogens with zero attached hydrogens (tertiary/aromatic N) is 6. The van der Waals surface area contributed by atoms with Crippen molar-refractivity contribution in [3.05, 3.63) is 58.0 Å². The van der Waals surface area contributed by atoms with E-state index in [0.717, 1.165) is 63.4 Å². The standard InChI is InChI=1S/C28H34Cl2N6O4/c1-3-21-16-35(26-23(30)14-19(15-31-26)27-33-32-24(17-37)40-27)12-13-36(21)22-8-10-34(11-9-22)25(28(38)39-2)18-4-6-20(29)7-5-18/h4-7,14-15,21-22,25,37H,3,8-13,16-17H2,1-2H3/t21-,25?/m0/s1. The summed E-state index contributed by atoms with van der Waals surface area (Å²) >= 11 is 12.7. The molecule has 1 N–H and O–H groups in total. The Bertz CT molecular complexity index is 1300. The second-order valence-corrected chi connectivity index (χ2v) is 11.0. The third-order valence-corrected chi connectivity index (χ3v) is 8.44. The number of piperazine rings is 1. The lowest BCUT2D eigenvalue weighted by Gasteiger charge is -2.48. The Kier molecular flexibility index (Phi) is 9.22. The quantitative estimate of drug-likeness (QED) is 0.384. The minimum Gasteiger partial charge on any atom is -0.468 e. The van der Waals surface area contributed by atoms with E-state index < -0.39 is 6.04 Å². The highest BCUT2D eigenvalue weighted by molar-refractivity contribution is 6.33. The Morgan fingerprint density at radius 2 is 1.90 bits per heavy atom. The van der Waals surface area contributed by atoms with Crippen molar-refractivity contribution in [1.82, 2.24) is 25.0 Å². The SMILES string of the molecule is CC[C@H]1CN(c2ncc(-c3nnc(CO)o3)cc2Cl)CCN1C1CCN(C(C(=O)OC)c2ccc(Cl)cc2)CC1. The summed E-state index contributed by atoms with van der Waals surface area (Å²) in [5.74, 6) is 0.917. The molecule has 2 fully saturated rings. The number of esters is 1. The number of carbonyl (C=O) groups excluding carboxylic acids is 1. The number of piperidine rings is 1. The topological polar surface area (TPSA) is 108 Å². The molecule has 0 aliphatic carbocycles. The molecular weight excluding hydrogens is 555 g/mol. The number of pyridine rings is 1. The number of hydrogen-bond acceptors (Lipinski definition) is 10. The Labute approximate surface area is 243 Å². The molecule has 0 amide bonds. The largest absolute Gasteiger partial charge is 0.468 e. The molecule has 1 aromatic carbocycles. The molecule has 0 spiro atoms. The van der Waals surface area contributed by atoms with Crippen LogP contribution in [-0.2, 0) is 16.1 Å². The number of anilines is 1. The van der Waals surface area contributed by atoms with Crippen LogP contribution in [0.4, 0.5) is 5.82 Å². The van der Waals surface area contributed by atoms with Gasteiger partial charge >= 0.3 is 5.97 Å². The molecule has 2 saturated heterocycles. The number of aliphatic hydroxyl groups is 1. The fourth-order valence-corrected chi connectivity index (χ4v) is 6.26. The van der Waals surface area contributed by atoms with Crippen LogP contribution in [0.1, 0.15) is 43.7 Å². The van der Waals surface area contributed by atoms with E-state index in [9.17, 15) is 9.90 Å². The third kappa shape index (κ3) is 6.11. The number of aromatic nitrogens is 3. The first-order valence-corrected chi connectivity index (χ1v) is 14.3. The molecule has 4 heterocycles. The van der Waals surface area contributed by atoms with Crippen LogP contribution < -0.4 is 4.90 Å². The van der Waals surface area contributed by atoms with Gasteiger partial charge in [-0.3, -0.25) is 9.80 Å². The van der Waals surface area contributed by atoms with E-state index in [-0.39, 0.29) is 24.4 Å². The highest BCUT2D eigenvalue weighted by Crippen LogP contribution is 2.33. The highest BCUT2D eigenvalue weighted by atomic mass is 35.5. The maximum Gasteiger partial charge on any atom is 0.327 e. The number of aliphatic hydroxyl groups excluding tert-OH is 1. The molecule has 40 heavy (non-hydrogen) atoms. The Hall–Kier alpha value is -2.76. The summed E-state index contributed by atoms with van der Waals surface area (Å²) in [5, 5.41) is 18.1. The first-order valence-electron chi connectivity index (χ1n) is 13.6. The fraction of sp³-hybridized carbons (Fsp3) is 0.500. The summed E-state index contributed by atoms with van der Waals surface area (Å²) < 4.78 is 10.6. The lowest BCUT2D eigenvalue weighted by atomic mass is 9.95. The Morgan fingerprint density at radius 3 is 2.52 bits per heavy atom. The van der Waals surface area contributed by atoms with Gasteiger partial charge in [-0.1, -0.05) is 42.3 Å². The van der Waals surface area contributed by atoms with Gasteiger partial charge in [0.2, 0.25) is 11.8 Å². The normalized spacial score (nSPS) is 20.0. The van der Waals surface area contributed by atoms with Crippen LogP contribution in [0.2, 0.25) is 10.0 Å². The third-order valence-electron chi connectivity index (χ3n) is 7.91. The molecule has 214 valence electrons. The molecule has 5 rings (SSSR count). The lowest BCUT2D eigenvalue weighted by molar-refractivity contribution is -0.148. The van der Waals surface area contributed by atoms with Crippen LogP contribution in [0.3, 0.4) is 0 Å². The maximum atomic E-state index is 12.7. The van der Waals surface area contributed by atoms with Crippen LogP contribution >= 0.6 is 23.2 Å². The van der Waals surface area contributed by atoms with Gasteiger partial charge in [-0.25, -0.2) is 9.78 Å². The van der Waals surface area contributed by atoms with Crippen molar-refractivity contribution >= 4 is 35.0 Å². The molecule has 2 aliphatic rings. The first-order chi connectivity index (χ1) is 19.4. The molecule has 12 heteroatoms. The van der Waals surface area contributed by atoms with Crippen LogP contribution in [0, 0.1) is 0 Å². The number of benzene rings is 1. The van der Waals surface area contributed by atoms with Crippen LogP contribution in [-0.4, -0.2) is 88.0 Å². The molecule has 2 aromatic heterocycles. The van der Waals surface area contributed by atoms with Gasteiger partial charge in [0.25, 0.3) is 0 Å². The lowest BCUT2D eigenvalue weighted by Crippen LogP contribution is -2.58. The van der Waals surface area contributed by atoms with Crippen molar-refractivity contribution in [3.8, 4) is 11.5 Å². The fourth-order valence-electron chi connectivity index (χ4n) is 5.85. The summed E-state index contributed by atoms with van der Waals surface area (Å²) in [6.45, 7) is 6.07. The van der Waals surface area contributed by atoms with Crippen molar-refractivity contribution in [2.24, 2.45) is 0 Å². The van der Waals surface area contributed by atoms with E-state index in [4.69, 9.17) is 32.4 Å². The minimum atomic E-state index is -0.430. The van der Waals surface area contributed by atoms with E-state index in [0.29, 0.717) is 27.7 Å². The van der Waals surface area contributed by atoms with Crippen LogP contribution in [0.25, 0.3) is 11.5 Å². The Balaban J connectivity index is 1.22. The van der Waals surface area contributed by atoms with Gasteiger partial charge in [-0.2, -0.15) is 0 Å². The second kappa shape index (κ2) is 12.8. The van der Waals surface area contributed by atoms with E-state index in [1.54, 1.807) is 12.3 Å². The number of ether oxygens (including phenoxy) is 1. The Morgan fingerprint density at radius 1 is 1.15 bits per heavy atom. The molecule has 0 bridgehead atoms. The molecule has 10 nitrogen and oxygen atoms in total. The van der Waals surface area contributed by atoms with Crippen molar-refractivity contribution < 1.29 is 19.1 Å². The van der Waals surface area contributed by atoms with Crippen molar-refractivity contribution in [1.29, 1.82) is 0 Å². The number of likely N-dealkylation sites (tertiary alicyclic amines) is 1. The smallest absolute Gasteiger partial charge is 0.327 e. The van der Waals surface area contributed by atoms with Gasteiger partial charge in [0.1, 0.15) is 18.5 Å². The summed E-state index contributed by atoms with van der Waals surface area (Å²) in [6.07, 6.45) is 4.64. The monoisotopic (exact) mass is 588 g/mol. The number of rotatable bonds is 8. The van der Waals surface area contributed by atoms with Gasteiger partial charge in [0.15, 0.2) is 0 Å². The van der Waals surface area contributed by atoms with E-state index in [1.807, 2.05) is 24.3 Å². The average Bonchev–Trinajstić information content (AvgIpc) is 3.48. The average molecular weight is 590 g/mol. The number of hydrogen-bond donors (Lipinski definition) is 1. The molecule has 0 saturated carbocycles. The van der Waals surface area contributed by atoms with Crippen molar-refractivity contribution in [3.63, 3.8) is 0 Å². The van der Waals surface area contributed by atoms with E-state index in [2.05, 4.69) is 36.8 Å². The van der Waals surface area contributed by atoms with Gasteiger partial charge < -0.3 is 19.2 Å². The molecule has 2 aliphatic heterocycles. The maximum absolute atomic E-state index is 12.7. The first kappa shape index (κ1) is 28.8. The van der Waals surface area contributed by atoms with Gasteiger partial charge in [-0.05, 0) is 43.0 Å². The predicted octanol–water partition coefficient (Wildman–Crippen LogP) is 4.21. The molecule has 2 atom stereocenters. The predicted molar refractivity (Wildman–Crippen MR) is 152 cm³/mol. The van der Waals surface area contributed by atoms with Gasteiger partial charge in [0, 0.05) is 56.0 Å². The number of halogens is 2. The summed E-state index contributed by atoms with van der Waals surface area (Å²) in [7, 11) is 1.44.